The van der Waals surface area contributed by atoms with Gasteiger partial charge in [0.1, 0.15) is 0 Å². The molecule has 0 spiro atoms. The highest BCUT2D eigenvalue weighted by atomic mass is 16.5. The van der Waals surface area contributed by atoms with Gasteiger partial charge in [-0.1, -0.05) is 5.92 Å². The molecule has 1 rings (SSSR count). The molecule has 0 amide bonds. The summed E-state index contributed by atoms with van der Waals surface area (Å²) in [6, 6.07) is 0.0134. The summed E-state index contributed by atoms with van der Waals surface area (Å²) >= 11 is 0. The summed E-state index contributed by atoms with van der Waals surface area (Å²) in [7, 11) is 3.49. The minimum Gasteiger partial charge on any atom is -0.481 e. The molecule has 0 bridgehead atoms. The monoisotopic (exact) mass is 236 g/mol. The molecule has 5 heteroatoms. The zero-order valence-electron chi connectivity index (χ0n) is 10.9. The van der Waals surface area contributed by atoms with Crippen molar-refractivity contribution in [3.63, 3.8) is 0 Å². The normalized spacial score (nSPS) is 11.8. The third-order valence-electron chi connectivity index (χ3n) is 2.61. The third-order valence-corrected chi connectivity index (χ3v) is 2.61. The number of ether oxygens (including phenoxy) is 1. The summed E-state index contributed by atoms with van der Waals surface area (Å²) in [6.07, 6.45) is 0. The van der Waals surface area contributed by atoms with Crippen molar-refractivity contribution in [1.82, 2.24) is 15.1 Å². The molecule has 0 saturated carbocycles. The maximum atomic E-state index is 5.79. The van der Waals surface area contributed by atoms with Crippen molar-refractivity contribution in [2.24, 2.45) is 12.8 Å². The van der Waals surface area contributed by atoms with E-state index >= 15 is 0 Å². The highest BCUT2D eigenvalue weighted by Gasteiger charge is 2.21. The van der Waals surface area contributed by atoms with Crippen molar-refractivity contribution in [2.45, 2.75) is 19.9 Å². The molecule has 0 fully saturated rings. The van der Waals surface area contributed by atoms with Crippen LogP contribution in [0.4, 0.5) is 0 Å². The van der Waals surface area contributed by atoms with E-state index in [0.717, 1.165) is 17.1 Å². The van der Waals surface area contributed by atoms with Crippen LogP contribution < -0.4 is 15.8 Å². The van der Waals surface area contributed by atoms with Crippen LogP contribution in [0.5, 0.6) is 5.88 Å². The van der Waals surface area contributed by atoms with Crippen LogP contribution >= 0.6 is 0 Å². The zero-order chi connectivity index (χ0) is 12.8. The predicted molar refractivity (Wildman–Crippen MR) is 67.7 cm³/mol. The third kappa shape index (κ3) is 2.99. The van der Waals surface area contributed by atoms with E-state index in [9.17, 15) is 0 Å². The smallest absolute Gasteiger partial charge is 0.216 e. The topological polar surface area (TPSA) is 65.1 Å². The Balaban J connectivity index is 2.96. The Hall–Kier alpha value is -1.51. The van der Waals surface area contributed by atoms with E-state index in [0.29, 0.717) is 13.1 Å². The number of hydrogen-bond acceptors (Lipinski definition) is 4. The van der Waals surface area contributed by atoms with Crippen molar-refractivity contribution < 1.29 is 4.74 Å². The highest BCUT2D eigenvalue weighted by Crippen LogP contribution is 2.27. The molecule has 5 nitrogen and oxygen atoms in total. The molecule has 0 aliphatic carbocycles. The summed E-state index contributed by atoms with van der Waals surface area (Å²) < 4.78 is 7.08. The van der Waals surface area contributed by atoms with Gasteiger partial charge in [0.25, 0.3) is 0 Å². The van der Waals surface area contributed by atoms with Gasteiger partial charge < -0.3 is 10.5 Å². The first-order valence-corrected chi connectivity index (χ1v) is 5.56. The Labute approximate surface area is 102 Å². The molecule has 0 radical (unpaired) electrons. The molecule has 0 saturated heterocycles. The Bertz CT molecular complexity index is 428. The number of nitrogens with zero attached hydrogens (tertiary/aromatic N) is 2. The fraction of sp³-hybridized carbons (Fsp3) is 0.583. The second-order valence-electron chi connectivity index (χ2n) is 3.73. The van der Waals surface area contributed by atoms with Crippen LogP contribution in [0.15, 0.2) is 0 Å². The Morgan fingerprint density at radius 1 is 1.59 bits per heavy atom. The Morgan fingerprint density at radius 3 is 2.82 bits per heavy atom. The maximum Gasteiger partial charge on any atom is 0.216 e. The van der Waals surface area contributed by atoms with E-state index in [1.807, 2.05) is 20.9 Å². The fourth-order valence-electron chi connectivity index (χ4n) is 1.86. The second kappa shape index (κ2) is 6.28. The van der Waals surface area contributed by atoms with Gasteiger partial charge >= 0.3 is 0 Å². The summed E-state index contributed by atoms with van der Waals surface area (Å²) in [4.78, 5) is 0. The number of rotatable bonds is 5. The van der Waals surface area contributed by atoms with E-state index in [1.165, 1.54) is 0 Å². The summed E-state index contributed by atoms with van der Waals surface area (Å²) in [5.41, 5.74) is 7.72. The van der Waals surface area contributed by atoms with Gasteiger partial charge in [-0.25, -0.2) is 4.68 Å². The van der Waals surface area contributed by atoms with Gasteiger partial charge in [0.05, 0.1) is 31.0 Å². The van der Waals surface area contributed by atoms with Crippen molar-refractivity contribution >= 4 is 0 Å². The summed E-state index contributed by atoms with van der Waals surface area (Å²) in [5, 5.41) is 7.62. The molecule has 1 aromatic rings. The molecule has 94 valence electrons. The number of hydrogen-bond donors (Lipinski definition) is 2. The maximum absolute atomic E-state index is 5.79. The van der Waals surface area contributed by atoms with Crippen LogP contribution in [0.3, 0.4) is 0 Å². The number of aryl methyl sites for hydroxylation is 2. The van der Waals surface area contributed by atoms with E-state index in [2.05, 4.69) is 22.3 Å². The summed E-state index contributed by atoms with van der Waals surface area (Å²) in [6.45, 7) is 4.85. The minimum atomic E-state index is 0.0134. The molecule has 1 unspecified atom stereocenters. The van der Waals surface area contributed by atoms with Crippen LogP contribution in [-0.2, 0) is 7.05 Å². The molecule has 1 aromatic heterocycles. The predicted octanol–water partition coefficient (Wildman–Crippen LogP) is 0.350. The lowest BCUT2D eigenvalue weighted by molar-refractivity contribution is 0.363. The number of methoxy groups -OCH3 is 1. The second-order valence-corrected chi connectivity index (χ2v) is 3.73. The molecule has 3 N–H and O–H groups in total. The summed E-state index contributed by atoms with van der Waals surface area (Å²) in [5.74, 6) is 6.55. The van der Waals surface area contributed by atoms with Gasteiger partial charge in [-0.15, -0.1) is 5.92 Å². The van der Waals surface area contributed by atoms with Gasteiger partial charge in [-0.3, -0.25) is 5.32 Å². The average molecular weight is 236 g/mol. The van der Waals surface area contributed by atoms with Crippen molar-refractivity contribution in [2.75, 3.05) is 20.2 Å². The van der Waals surface area contributed by atoms with Crippen LogP contribution in [0, 0.1) is 18.8 Å². The first kappa shape index (κ1) is 13.6. The SMILES string of the molecule is CC#CCNC(CN)c1c(C)nn(C)c1OC. The molecule has 0 aliphatic rings. The van der Waals surface area contributed by atoms with Crippen LogP contribution in [0.1, 0.15) is 24.2 Å². The van der Waals surface area contributed by atoms with Crippen LogP contribution in [0.25, 0.3) is 0 Å². The van der Waals surface area contributed by atoms with Crippen LogP contribution in [0.2, 0.25) is 0 Å². The molecular weight excluding hydrogens is 216 g/mol. The van der Waals surface area contributed by atoms with Gasteiger partial charge in [0.2, 0.25) is 5.88 Å². The largest absolute Gasteiger partial charge is 0.481 e. The first-order chi connectivity index (χ1) is 8.15. The minimum absolute atomic E-state index is 0.0134. The first-order valence-electron chi connectivity index (χ1n) is 5.56. The Kier molecular flexibility index (Phi) is 5.01. The molecule has 1 atom stereocenters. The average Bonchev–Trinajstić information content (AvgIpc) is 2.59. The molecule has 17 heavy (non-hydrogen) atoms. The van der Waals surface area contributed by atoms with Crippen molar-refractivity contribution in [1.29, 1.82) is 0 Å². The Morgan fingerprint density at radius 2 is 2.29 bits per heavy atom. The van der Waals surface area contributed by atoms with E-state index < -0.39 is 0 Å². The number of nitrogens with two attached hydrogens (primary N) is 1. The van der Waals surface area contributed by atoms with E-state index in [4.69, 9.17) is 10.5 Å². The molecule has 1 heterocycles. The fourth-order valence-corrected chi connectivity index (χ4v) is 1.86. The van der Waals surface area contributed by atoms with Crippen LogP contribution in [-0.4, -0.2) is 30.0 Å². The molecular formula is C12H20N4O. The molecule has 0 aromatic carbocycles. The van der Waals surface area contributed by atoms with Gasteiger partial charge in [-0.05, 0) is 13.8 Å². The number of aromatic nitrogens is 2. The lowest BCUT2D eigenvalue weighted by Crippen LogP contribution is -2.29. The van der Waals surface area contributed by atoms with Crippen molar-refractivity contribution in [3.05, 3.63) is 11.3 Å². The highest BCUT2D eigenvalue weighted by molar-refractivity contribution is 5.34. The quantitative estimate of drug-likeness (QED) is 0.724. The molecule has 0 aliphatic heterocycles. The van der Waals surface area contributed by atoms with Gasteiger partial charge in [0, 0.05) is 13.6 Å². The van der Waals surface area contributed by atoms with Crippen molar-refractivity contribution in [3.8, 4) is 17.7 Å². The van der Waals surface area contributed by atoms with Gasteiger partial charge in [-0.2, -0.15) is 5.10 Å². The lowest BCUT2D eigenvalue weighted by atomic mass is 10.1. The lowest BCUT2D eigenvalue weighted by Gasteiger charge is -2.16. The van der Waals surface area contributed by atoms with E-state index in [-0.39, 0.29) is 6.04 Å². The number of nitrogens with one attached hydrogen (secondary N) is 1. The van der Waals surface area contributed by atoms with Gasteiger partial charge in [0.15, 0.2) is 0 Å². The zero-order valence-corrected chi connectivity index (χ0v) is 10.9. The van der Waals surface area contributed by atoms with E-state index in [1.54, 1.807) is 11.8 Å². The standard InChI is InChI=1S/C12H20N4O/c1-5-6-7-14-10(8-13)11-9(2)15-16(3)12(11)17-4/h10,14H,7-8,13H2,1-4H3.